The molecule has 0 bridgehead atoms. The number of carbonyl (C=O) groups is 1. The second-order valence-corrected chi connectivity index (χ2v) is 4.80. The van der Waals surface area contributed by atoms with E-state index in [0.29, 0.717) is 16.9 Å². The van der Waals surface area contributed by atoms with E-state index in [1.54, 1.807) is 49.6 Å². The molecule has 0 fully saturated rings. The highest BCUT2D eigenvalue weighted by Gasteiger charge is 2.21. The van der Waals surface area contributed by atoms with Crippen LogP contribution in [0, 0.1) is 5.82 Å². The monoisotopic (exact) mass is 292 g/mol. The molecule has 0 aliphatic heterocycles. The highest BCUT2D eigenvalue weighted by molar-refractivity contribution is 6.64. The van der Waals surface area contributed by atoms with Crippen molar-refractivity contribution in [2.75, 3.05) is 7.11 Å². The van der Waals surface area contributed by atoms with E-state index in [4.69, 9.17) is 16.3 Å². The average molecular weight is 293 g/mol. The predicted octanol–water partition coefficient (Wildman–Crippen LogP) is 3.93. The Bertz CT molecular complexity index is 613. The van der Waals surface area contributed by atoms with E-state index in [1.807, 2.05) is 0 Å². The molecule has 1 atom stereocenters. The van der Waals surface area contributed by atoms with Gasteiger partial charge in [0, 0.05) is 0 Å². The lowest BCUT2D eigenvalue weighted by molar-refractivity contribution is -0.113. The number of ether oxygens (including phenoxy) is 1. The minimum Gasteiger partial charge on any atom is -0.497 e. The second kappa shape index (κ2) is 6.53. The Morgan fingerprint density at radius 3 is 2.65 bits per heavy atom. The Labute approximate surface area is 122 Å². The van der Waals surface area contributed by atoms with Crippen molar-refractivity contribution in [3.05, 3.63) is 65.5 Å². The fourth-order valence-corrected chi connectivity index (χ4v) is 2.27. The number of benzene rings is 2. The Balaban J connectivity index is 2.32. The van der Waals surface area contributed by atoms with Gasteiger partial charge in [0.15, 0.2) is 0 Å². The fourth-order valence-electron chi connectivity index (χ4n) is 2.07. The summed E-state index contributed by atoms with van der Waals surface area (Å²) in [5.74, 6) is -0.291. The summed E-state index contributed by atoms with van der Waals surface area (Å²) in [6.45, 7) is 0. The largest absolute Gasteiger partial charge is 0.497 e. The molecule has 0 amide bonds. The summed E-state index contributed by atoms with van der Waals surface area (Å²) in [4.78, 5) is 11.7. The van der Waals surface area contributed by atoms with Crippen molar-refractivity contribution in [1.82, 2.24) is 0 Å². The van der Waals surface area contributed by atoms with Crippen LogP contribution < -0.4 is 4.74 Å². The van der Waals surface area contributed by atoms with Crippen molar-refractivity contribution in [3.63, 3.8) is 0 Å². The van der Waals surface area contributed by atoms with Crippen LogP contribution >= 0.6 is 11.6 Å². The maximum Gasteiger partial charge on any atom is 0.229 e. The van der Waals surface area contributed by atoms with Gasteiger partial charge in [-0.05, 0) is 47.3 Å². The Hall–Kier alpha value is -1.87. The van der Waals surface area contributed by atoms with Crippen LogP contribution in [0.1, 0.15) is 17.0 Å². The Morgan fingerprint density at radius 1 is 1.25 bits per heavy atom. The maximum atomic E-state index is 13.7. The normalized spacial score (nSPS) is 11.9. The minimum absolute atomic E-state index is 0.224. The van der Waals surface area contributed by atoms with Crippen molar-refractivity contribution >= 4 is 16.8 Å². The van der Waals surface area contributed by atoms with E-state index in [2.05, 4.69) is 0 Å². The molecule has 0 aliphatic carbocycles. The average Bonchev–Trinajstić information content (AvgIpc) is 2.46. The van der Waals surface area contributed by atoms with E-state index in [-0.39, 0.29) is 12.2 Å². The van der Waals surface area contributed by atoms with Crippen LogP contribution in [0.2, 0.25) is 0 Å². The van der Waals surface area contributed by atoms with Crippen molar-refractivity contribution in [2.24, 2.45) is 0 Å². The number of hydrogen-bond acceptors (Lipinski definition) is 2. The van der Waals surface area contributed by atoms with Gasteiger partial charge in [0.05, 0.1) is 13.0 Å². The lowest BCUT2D eigenvalue weighted by atomic mass is 9.92. The molecule has 1 unspecified atom stereocenters. The number of carbonyl (C=O) groups excluding carboxylic acids is 1. The van der Waals surface area contributed by atoms with Gasteiger partial charge in [-0.2, -0.15) is 0 Å². The summed E-state index contributed by atoms with van der Waals surface area (Å²) < 4.78 is 18.8. The van der Waals surface area contributed by atoms with Gasteiger partial charge in [0.25, 0.3) is 0 Å². The van der Waals surface area contributed by atoms with E-state index in [9.17, 15) is 9.18 Å². The first-order valence-electron chi connectivity index (χ1n) is 6.18. The summed E-state index contributed by atoms with van der Waals surface area (Å²) in [6.07, 6.45) is 0.224. The first kappa shape index (κ1) is 14.5. The highest BCUT2D eigenvalue weighted by Crippen LogP contribution is 2.27. The molecule has 20 heavy (non-hydrogen) atoms. The molecule has 2 nitrogen and oxygen atoms in total. The molecule has 0 heterocycles. The molecule has 2 aromatic carbocycles. The summed E-state index contributed by atoms with van der Waals surface area (Å²) in [5, 5.41) is -0.512. The number of methoxy groups -OCH3 is 1. The number of halogens is 2. The summed E-state index contributed by atoms with van der Waals surface area (Å²) >= 11 is 5.67. The SMILES string of the molecule is COc1cccc(C(Cc2ccccc2F)C(=O)Cl)c1. The molecule has 0 radical (unpaired) electrons. The van der Waals surface area contributed by atoms with Crippen molar-refractivity contribution in [2.45, 2.75) is 12.3 Å². The number of hydrogen-bond donors (Lipinski definition) is 0. The number of rotatable bonds is 5. The van der Waals surface area contributed by atoms with Gasteiger partial charge in [-0.25, -0.2) is 4.39 Å². The molecule has 0 saturated carbocycles. The standard InChI is InChI=1S/C16H14ClFO2/c1-20-13-7-4-6-11(9-13)14(16(17)19)10-12-5-2-3-8-15(12)18/h2-9,14H,10H2,1H3. The van der Waals surface area contributed by atoms with Gasteiger partial charge in [-0.15, -0.1) is 0 Å². The van der Waals surface area contributed by atoms with Crippen LogP contribution in [-0.2, 0) is 11.2 Å². The van der Waals surface area contributed by atoms with Gasteiger partial charge in [0.2, 0.25) is 5.24 Å². The smallest absolute Gasteiger partial charge is 0.229 e. The zero-order valence-corrected chi connectivity index (χ0v) is 11.7. The van der Waals surface area contributed by atoms with Crippen molar-refractivity contribution in [1.29, 1.82) is 0 Å². The molecule has 0 N–H and O–H groups in total. The zero-order valence-electron chi connectivity index (χ0n) is 11.0. The molecule has 0 spiro atoms. The fraction of sp³-hybridized carbons (Fsp3) is 0.188. The van der Waals surface area contributed by atoms with Crippen LogP contribution in [0.15, 0.2) is 48.5 Å². The Kier molecular flexibility index (Phi) is 4.74. The molecule has 4 heteroatoms. The van der Waals surface area contributed by atoms with Crippen molar-refractivity contribution < 1.29 is 13.9 Å². The van der Waals surface area contributed by atoms with E-state index >= 15 is 0 Å². The molecule has 0 saturated heterocycles. The van der Waals surface area contributed by atoms with Gasteiger partial charge < -0.3 is 4.74 Å². The summed E-state index contributed by atoms with van der Waals surface area (Å²) in [7, 11) is 1.55. The second-order valence-electron chi connectivity index (χ2n) is 4.43. The first-order valence-corrected chi connectivity index (χ1v) is 6.56. The maximum absolute atomic E-state index is 13.7. The quantitative estimate of drug-likeness (QED) is 0.781. The van der Waals surface area contributed by atoms with Crippen LogP contribution in [0.4, 0.5) is 4.39 Å². The van der Waals surface area contributed by atoms with Crippen LogP contribution in [0.3, 0.4) is 0 Å². The minimum atomic E-state index is -0.594. The van der Waals surface area contributed by atoms with Crippen LogP contribution in [0.5, 0.6) is 5.75 Å². The topological polar surface area (TPSA) is 26.3 Å². The third-order valence-electron chi connectivity index (χ3n) is 3.15. The van der Waals surface area contributed by atoms with Crippen LogP contribution in [-0.4, -0.2) is 12.4 Å². The van der Waals surface area contributed by atoms with Crippen LogP contribution in [0.25, 0.3) is 0 Å². The third kappa shape index (κ3) is 3.36. The van der Waals surface area contributed by atoms with E-state index in [1.165, 1.54) is 6.07 Å². The van der Waals surface area contributed by atoms with Gasteiger partial charge in [-0.1, -0.05) is 30.3 Å². The zero-order chi connectivity index (χ0) is 14.5. The Morgan fingerprint density at radius 2 is 2.00 bits per heavy atom. The molecular formula is C16H14ClFO2. The third-order valence-corrected chi connectivity index (χ3v) is 3.42. The summed E-state index contributed by atoms with van der Waals surface area (Å²) in [6, 6.07) is 13.5. The lowest BCUT2D eigenvalue weighted by Gasteiger charge is -2.14. The predicted molar refractivity (Wildman–Crippen MR) is 76.7 cm³/mol. The first-order chi connectivity index (χ1) is 9.61. The van der Waals surface area contributed by atoms with E-state index in [0.717, 1.165) is 0 Å². The molecular weight excluding hydrogens is 279 g/mol. The highest BCUT2D eigenvalue weighted by atomic mass is 35.5. The van der Waals surface area contributed by atoms with Gasteiger partial charge in [-0.3, -0.25) is 4.79 Å². The van der Waals surface area contributed by atoms with Crippen molar-refractivity contribution in [3.8, 4) is 5.75 Å². The molecule has 104 valence electrons. The molecule has 0 aliphatic rings. The molecule has 2 aromatic rings. The molecule has 2 rings (SSSR count). The lowest BCUT2D eigenvalue weighted by Crippen LogP contribution is -2.11. The summed E-state index contributed by atoms with van der Waals surface area (Å²) in [5.41, 5.74) is 1.18. The molecule has 0 aromatic heterocycles. The van der Waals surface area contributed by atoms with Gasteiger partial charge in [0.1, 0.15) is 11.6 Å². The van der Waals surface area contributed by atoms with Gasteiger partial charge >= 0.3 is 0 Å². The van der Waals surface area contributed by atoms with E-state index < -0.39 is 11.2 Å².